The van der Waals surface area contributed by atoms with E-state index in [1.807, 2.05) is 45.4 Å². The van der Waals surface area contributed by atoms with Crippen LogP contribution in [0.15, 0.2) is 42.9 Å². The van der Waals surface area contributed by atoms with Crippen molar-refractivity contribution in [3.8, 4) is 11.1 Å². The van der Waals surface area contributed by atoms with Crippen LogP contribution in [0.25, 0.3) is 16.6 Å². The van der Waals surface area contributed by atoms with E-state index in [2.05, 4.69) is 31.1 Å². The van der Waals surface area contributed by atoms with Crippen LogP contribution in [0.1, 0.15) is 52.9 Å². The predicted octanol–water partition coefficient (Wildman–Crippen LogP) is 6.50. The predicted molar refractivity (Wildman–Crippen MR) is 143 cm³/mol. The fraction of sp³-hybridized carbons (Fsp3) is 0.500. The molecule has 1 saturated carbocycles. The van der Waals surface area contributed by atoms with Crippen molar-refractivity contribution >= 4 is 45.5 Å². The van der Waals surface area contributed by atoms with Crippen LogP contribution < -0.4 is 9.62 Å². The maximum atomic E-state index is 13.1. The number of anilines is 1. The molecular formula is C26H32Cl2N4OS. The van der Waals surface area contributed by atoms with Gasteiger partial charge in [0.15, 0.2) is 0 Å². The second-order valence-corrected chi connectivity index (χ2v) is 13.5. The zero-order chi connectivity index (χ0) is 24.1. The minimum Gasteiger partial charge on any atom is -0.356 e. The van der Waals surface area contributed by atoms with Crippen LogP contribution in [0.4, 0.5) is 5.82 Å². The van der Waals surface area contributed by atoms with Gasteiger partial charge in [-0.25, -0.2) is 13.9 Å². The molecule has 0 amide bonds. The average molecular weight is 520 g/mol. The van der Waals surface area contributed by atoms with Crippen molar-refractivity contribution in [1.29, 1.82) is 0 Å². The lowest BCUT2D eigenvalue weighted by Crippen LogP contribution is -2.58. The molecule has 0 bridgehead atoms. The molecule has 1 spiro atoms. The molecule has 1 aliphatic carbocycles. The van der Waals surface area contributed by atoms with Crippen LogP contribution in [0, 0.1) is 5.41 Å². The van der Waals surface area contributed by atoms with Crippen molar-refractivity contribution in [2.24, 2.45) is 5.41 Å². The molecule has 8 heteroatoms. The maximum Gasteiger partial charge on any atom is 0.114 e. The second-order valence-electron chi connectivity index (χ2n) is 10.7. The summed E-state index contributed by atoms with van der Waals surface area (Å²) in [5, 5.41) is 1.09. The highest BCUT2D eigenvalue weighted by atomic mass is 35.5. The zero-order valence-corrected chi connectivity index (χ0v) is 22.3. The number of hydrogen-bond acceptors (Lipinski definition) is 3. The highest BCUT2D eigenvalue weighted by Crippen LogP contribution is 2.47. The Morgan fingerprint density at radius 2 is 1.85 bits per heavy atom. The van der Waals surface area contributed by atoms with E-state index in [4.69, 9.17) is 23.2 Å². The SMILES string of the molecule is CC(C)(C)S(=O)NC1CN(c2ccc(-c3cccc(Cl)c3Cl)c3cncn23)CCC12CCCC2. The number of rotatable bonds is 4. The first kappa shape index (κ1) is 24.1. The van der Waals surface area contributed by atoms with Crippen molar-refractivity contribution < 1.29 is 4.21 Å². The van der Waals surface area contributed by atoms with Gasteiger partial charge in [-0.1, -0.05) is 48.2 Å². The Morgan fingerprint density at radius 1 is 1.09 bits per heavy atom. The lowest BCUT2D eigenvalue weighted by molar-refractivity contribution is 0.176. The van der Waals surface area contributed by atoms with Crippen LogP contribution in [-0.2, 0) is 11.0 Å². The minimum absolute atomic E-state index is 0.185. The van der Waals surface area contributed by atoms with E-state index in [1.165, 1.54) is 25.7 Å². The van der Waals surface area contributed by atoms with Crippen LogP contribution >= 0.6 is 23.2 Å². The molecule has 2 aliphatic rings. The first-order valence-corrected chi connectivity index (χ1v) is 13.9. The average Bonchev–Trinajstić information content (AvgIpc) is 3.47. The van der Waals surface area contributed by atoms with Crippen LogP contribution in [0.2, 0.25) is 10.0 Å². The van der Waals surface area contributed by atoms with Crippen LogP contribution in [0.3, 0.4) is 0 Å². The number of nitrogens with one attached hydrogen (secondary N) is 1. The van der Waals surface area contributed by atoms with Gasteiger partial charge in [-0.15, -0.1) is 0 Å². The molecule has 1 aliphatic heterocycles. The van der Waals surface area contributed by atoms with E-state index in [0.717, 1.165) is 42.0 Å². The molecular weight excluding hydrogens is 487 g/mol. The fourth-order valence-electron chi connectivity index (χ4n) is 5.59. The molecule has 3 aromatic rings. The third kappa shape index (κ3) is 4.27. The topological polar surface area (TPSA) is 49.6 Å². The summed E-state index contributed by atoms with van der Waals surface area (Å²) in [7, 11) is -1.10. The molecule has 3 heterocycles. The van der Waals surface area contributed by atoms with Gasteiger partial charge in [-0.2, -0.15) is 0 Å². The van der Waals surface area contributed by atoms with E-state index in [9.17, 15) is 4.21 Å². The summed E-state index contributed by atoms with van der Waals surface area (Å²) >= 11 is 12.8. The Balaban J connectivity index is 1.50. The minimum atomic E-state index is -1.10. The number of benzene rings is 1. The monoisotopic (exact) mass is 518 g/mol. The number of piperidine rings is 1. The number of nitrogens with zero attached hydrogens (tertiary/aromatic N) is 3. The van der Waals surface area contributed by atoms with Crippen LogP contribution in [-0.4, -0.2) is 37.5 Å². The third-order valence-electron chi connectivity index (χ3n) is 7.55. The number of halogens is 2. The Hall–Kier alpha value is -1.60. The van der Waals surface area contributed by atoms with Gasteiger partial charge in [0.2, 0.25) is 0 Å². The van der Waals surface area contributed by atoms with Gasteiger partial charge in [-0.05, 0) is 63.6 Å². The molecule has 1 saturated heterocycles. The first-order valence-electron chi connectivity index (χ1n) is 12.0. The first-order chi connectivity index (χ1) is 16.2. The van der Waals surface area contributed by atoms with E-state index in [1.54, 1.807) is 6.07 Å². The number of hydrogen-bond donors (Lipinski definition) is 1. The molecule has 5 nitrogen and oxygen atoms in total. The van der Waals surface area contributed by atoms with Crippen molar-refractivity contribution in [2.45, 2.75) is 63.7 Å². The Morgan fingerprint density at radius 3 is 2.59 bits per heavy atom. The van der Waals surface area contributed by atoms with Crippen molar-refractivity contribution in [2.75, 3.05) is 18.0 Å². The van der Waals surface area contributed by atoms with Gasteiger partial charge in [0.25, 0.3) is 0 Å². The summed E-state index contributed by atoms with van der Waals surface area (Å²) in [6, 6.07) is 10.1. The van der Waals surface area contributed by atoms with Gasteiger partial charge in [-0.3, -0.25) is 4.40 Å². The molecule has 1 aromatic carbocycles. The summed E-state index contributed by atoms with van der Waals surface area (Å²) in [6.45, 7) is 7.91. The number of pyridine rings is 1. The molecule has 1 N–H and O–H groups in total. The summed E-state index contributed by atoms with van der Waals surface area (Å²) in [5.41, 5.74) is 3.13. The Kier molecular flexibility index (Phi) is 6.47. The Labute approximate surface area is 214 Å². The fourth-order valence-corrected chi connectivity index (χ4v) is 6.93. The van der Waals surface area contributed by atoms with Crippen molar-refractivity contribution in [3.63, 3.8) is 0 Å². The van der Waals surface area contributed by atoms with E-state index >= 15 is 0 Å². The highest BCUT2D eigenvalue weighted by Gasteiger charge is 2.46. The zero-order valence-electron chi connectivity index (χ0n) is 20.0. The summed E-state index contributed by atoms with van der Waals surface area (Å²) in [5.74, 6) is 1.09. The van der Waals surface area contributed by atoms with E-state index in [0.29, 0.717) is 10.0 Å². The largest absolute Gasteiger partial charge is 0.356 e. The van der Waals surface area contributed by atoms with Gasteiger partial charge in [0.05, 0.1) is 37.5 Å². The molecule has 2 fully saturated rings. The quantitative estimate of drug-likeness (QED) is 0.428. The van der Waals surface area contributed by atoms with Gasteiger partial charge in [0, 0.05) is 30.3 Å². The summed E-state index contributed by atoms with van der Waals surface area (Å²) in [6.07, 6.45) is 9.80. The molecule has 2 aromatic heterocycles. The van der Waals surface area contributed by atoms with Crippen molar-refractivity contribution in [3.05, 3.63) is 52.9 Å². The molecule has 5 rings (SSSR count). The lowest BCUT2D eigenvalue weighted by Gasteiger charge is -2.47. The highest BCUT2D eigenvalue weighted by molar-refractivity contribution is 7.84. The summed E-state index contributed by atoms with van der Waals surface area (Å²) < 4.78 is 18.5. The summed E-state index contributed by atoms with van der Waals surface area (Å²) in [4.78, 5) is 6.88. The second kappa shape index (κ2) is 9.12. The van der Waals surface area contributed by atoms with Gasteiger partial charge >= 0.3 is 0 Å². The molecule has 2 atom stereocenters. The molecule has 0 radical (unpaired) electrons. The van der Waals surface area contributed by atoms with E-state index in [-0.39, 0.29) is 16.2 Å². The number of imidazole rings is 1. The van der Waals surface area contributed by atoms with Gasteiger partial charge < -0.3 is 4.90 Å². The number of fused-ring (bicyclic) bond motifs is 1. The normalized spacial score (nSPS) is 21.4. The third-order valence-corrected chi connectivity index (χ3v) is 9.98. The molecule has 2 unspecified atom stereocenters. The number of aromatic nitrogens is 2. The van der Waals surface area contributed by atoms with E-state index < -0.39 is 11.0 Å². The standard InChI is InChI=1S/C26H32Cl2N4OS/c1-25(2,3)34(33)30-22-16-31(14-13-26(22)11-4-5-12-26)23-10-9-18(21-15-29-17-32(21)23)19-7-6-8-20(27)24(19)28/h6-10,15,17,22,30H,4-5,11-14,16H2,1-3H3. The van der Waals surface area contributed by atoms with Gasteiger partial charge in [0.1, 0.15) is 12.1 Å². The van der Waals surface area contributed by atoms with Crippen LogP contribution in [0.5, 0.6) is 0 Å². The maximum absolute atomic E-state index is 13.1. The van der Waals surface area contributed by atoms with Crippen molar-refractivity contribution in [1.82, 2.24) is 14.1 Å². The Bertz CT molecular complexity index is 1230. The molecule has 34 heavy (non-hydrogen) atoms. The molecule has 182 valence electrons. The lowest BCUT2D eigenvalue weighted by atomic mass is 9.73. The smallest absolute Gasteiger partial charge is 0.114 e.